The number of piperidine rings is 1. The zero-order chi connectivity index (χ0) is 9.15. The third kappa shape index (κ3) is 2.96. The Morgan fingerprint density at radius 3 is 2.62 bits per heavy atom. The Bertz CT molecular complexity index is 157. The molecule has 2 nitrogen and oxygen atoms in total. The Morgan fingerprint density at radius 2 is 2.00 bits per heavy atom. The van der Waals surface area contributed by atoms with Crippen LogP contribution < -0.4 is 10.6 Å². The standard InChI is InChI=1S/C11H22N2/c1-11(4-5-11)9-13-8-10-2-6-12-7-3-10/h10,12-13H,2-9H2,1H3. The Morgan fingerprint density at radius 1 is 1.31 bits per heavy atom. The Kier molecular flexibility index (Phi) is 2.89. The second-order valence-corrected chi connectivity index (χ2v) is 5.13. The molecule has 0 radical (unpaired) electrons. The molecule has 0 aromatic heterocycles. The quantitative estimate of drug-likeness (QED) is 0.686. The molecular formula is C11H22N2. The summed E-state index contributed by atoms with van der Waals surface area (Å²) in [4.78, 5) is 0. The van der Waals surface area contributed by atoms with Crippen molar-refractivity contribution in [2.24, 2.45) is 11.3 Å². The molecule has 13 heavy (non-hydrogen) atoms. The smallest absolute Gasteiger partial charge is 0.000528 e. The van der Waals surface area contributed by atoms with Gasteiger partial charge >= 0.3 is 0 Å². The molecule has 2 fully saturated rings. The summed E-state index contributed by atoms with van der Waals surface area (Å²) in [5.41, 5.74) is 0.674. The fourth-order valence-corrected chi connectivity index (χ4v) is 2.05. The molecule has 2 rings (SSSR count). The van der Waals surface area contributed by atoms with Gasteiger partial charge in [0.15, 0.2) is 0 Å². The van der Waals surface area contributed by atoms with Gasteiger partial charge in [0.1, 0.15) is 0 Å². The van der Waals surface area contributed by atoms with Crippen LogP contribution in [0.3, 0.4) is 0 Å². The molecule has 1 saturated carbocycles. The van der Waals surface area contributed by atoms with Crippen molar-refractivity contribution >= 4 is 0 Å². The van der Waals surface area contributed by atoms with Gasteiger partial charge in [0, 0.05) is 6.54 Å². The maximum absolute atomic E-state index is 3.63. The summed E-state index contributed by atoms with van der Waals surface area (Å²) in [7, 11) is 0. The summed E-state index contributed by atoms with van der Waals surface area (Å²) in [6, 6.07) is 0. The van der Waals surface area contributed by atoms with Crippen molar-refractivity contribution in [1.29, 1.82) is 0 Å². The first kappa shape index (κ1) is 9.47. The SMILES string of the molecule is CC1(CNCC2CCNCC2)CC1. The monoisotopic (exact) mass is 182 g/mol. The van der Waals surface area contributed by atoms with Gasteiger partial charge in [0.05, 0.1) is 0 Å². The zero-order valence-corrected chi connectivity index (χ0v) is 8.73. The number of nitrogens with one attached hydrogen (secondary N) is 2. The van der Waals surface area contributed by atoms with Crippen LogP contribution in [0.25, 0.3) is 0 Å². The van der Waals surface area contributed by atoms with Crippen LogP contribution >= 0.6 is 0 Å². The first-order chi connectivity index (χ1) is 6.29. The van der Waals surface area contributed by atoms with E-state index in [0.29, 0.717) is 5.41 Å². The van der Waals surface area contributed by atoms with E-state index in [1.54, 1.807) is 0 Å². The summed E-state index contributed by atoms with van der Waals surface area (Å²) in [6.07, 6.45) is 5.60. The van der Waals surface area contributed by atoms with Crippen LogP contribution in [0, 0.1) is 11.3 Å². The summed E-state index contributed by atoms with van der Waals surface area (Å²) in [6.45, 7) is 7.34. The second kappa shape index (κ2) is 3.97. The molecule has 2 heteroatoms. The van der Waals surface area contributed by atoms with E-state index in [-0.39, 0.29) is 0 Å². The van der Waals surface area contributed by atoms with E-state index < -0.39 is 0 Å². The van der Waals surface area contributed by atoms with Crippen LogP contribution in [0.4, 0.5) is 0 Å². The Balaban J connectivity index is 1.56. The number of hydrogen-bond donors (Lipinski definition) is 2. The first-order valence-electron chi connectivity index (χ1n) is 5.70. The molecular weight excluding hydrogens is 160 g/mol. The predicted molar refractivity (Wildman–Crippen MR) is 55.8 cm³/mol. The van der Waals surface area contributed by atoms with Gasteiger partial charge in [0.25, 0.3) is 0 Å². The van der Waals surface area contributed by atoms with Crippen LogP contribution in [0.15, 0.2) is 0 Å². The van der Waals surface area contributed by atoms with Crippen molar-refractivity contribution in [3.63, 3.8) is 0 Å². The van der Waals surface area contributed by atoms with Gasteiger partial charge in [0.2, 0.25) is 0 Å². The minimum Gasteiger partial charge on any atom is -0.317 e. The number of hydrogen-bond acceptors (Lipinski definition) is 2. The second-order valence-electron chi connectivity index (χ2n) is 5.13. The van der Waals surface area contributed by atoms with Gasteiger partial charge in [-0.1, -0.05) is 6.92 Å². The average Bonchev–Trinajstić information content (AvgIpc) is 2.86. The van der Waals surface area contributed by atoms with Gasteiger partial charge in [-0.15, -0.1) is 0 Å². The zero-order valence-electron chi connectivity index (χ0n) is 8.73. The normalized spacial score (nSPS) is 27.5. The van der Waals surface area contributed by atoms with Gasteiger partial charge in [-0.25, -0.2) is 0 Å². The van der Waals surface area contributed by atoms with Gasteiger partial charge in [-0.2, -0.15) is 0 Å². The summed E-state index contributed by atoms with van der Waals surface area (Å²) in [5.74, 6) is 0.934. The van der Waals surface area contributed by atoms with Crippen LogP contribution in [0.2, 0.25) is 0 Å². The van der Waals surface area contributed by atoms with Crippen LogP contribution in [0.5, 0.6) is 0 Å². The van der Waals surface area contributed by atoms with Crippen molar-refractivity contribution < 1.29 is 0 Å². The molecule has 0 unspecified atom stereocenters. The van der Waals surface area contributed by atoms with Crippen molar-refractivity contribution in [3.05, 3.63) is 0 Å². The van der Waals surface area contributed by atoms with Crippen LogP contribution in [-0.4, -0.2) is 26.2 Å². The molecule has 0 aromatic rings. The van der Waals surface area contributed by atoms with Crippen LogP contribution in [-0.2, 0) is 0 Å². The van der Waals surface area contributed by atoms with E-state index in [2.05, 4.69) is 17.6 Å². The average molecular weight is 182 g/mol. The first-order valence-corrected chi connectivity index (χ1v) is 5.70. The highest BCUT2D eigenvalue weighted by Gasteiger charge is 2.36. The van der Waals surface area contributed by atoms with Gasteiger partial charge in [-0.3, -0.25) is 0 Å². The highest BCUT2D eigenvalue weighted by Crippen LogP contribution is 2.44. The van der Waals surface area contributed by atoms with Crippen molar-refractivity contribution in [1.82, 2.24) is 10.6 Å². The van der Waals surface area contributed by atoms with E-state index in [1.165, 1.54) is 51.9 Å². The third-order valence-electron chi connectivity index (χ3n) is 3.55. The van der Waals surface area contributed by atoms with Gasteiger partial charge < -0.3 is 10.6 Å². The lowest BCUT2D eigenvalue weighted by atomic mass is 9.98. The number of rotatable bonds is 4. The van der Waals surface area contributed by atoms with E-state index >= 15 is 0 Å². The highest BCUT2D eigenvalue weighted by molar-refractivity contribution is 4.90. The van der Waals surface area contributed by atoms with Crippen molar-refractivity contribution in [3.8, 4) is 0 Å². The lowest BCUT2D eigenvalue weighted by molar-refractivity contribution is 0.345. The fraction of sp³-hybridized carbons (Fsp3) is 1.00. The topological polar surface area (TPSA) is 24.1 Å². The molecule has 2 N–H and O–H groups in total. The molecule has 1 saturated heterocycles. The molecule has 1 heterocycles. The molecule has 76 valence electrons. The summed E-state index contributed by atoms with van der Waals surface area (Å²) >= 11 is 0. The van der Waals surface area contributed by atoms with E-state index in [1.807, 2.05) is 0 Å². The highest BCUT2D eigenvalue weighted by atomic mass is 14.9. The molecule has 0 atom stereocenters. The lowest BCUT2D eigenvalue weighted by Crippen LogP contribution is -2.35. The summed E-state index contributed by atoms with van der Waals surface area (Å²) in [5, 5.41) is 7.04. The summed E-state index contributed by atoms with van der Waals surface area (Å²) < 4.78 is 0. The predicted octanol–water partition coefficient (Wildman–Crippen LogP) is 1.38. The minimum atomic E-state index is 0.674. The Labute approximate surface area is 81.5 Å². The maximum Gasteiger partial charge on any atom is 0.000528 e. The molecule has 1 aliphatic carbocycles. The molecule has 1 aliphatic heterocycles. The fourth-order valence-electron chi connectivity index (χ4n) is 2.05. The molecule has 2 aliphatic rings. The molecule has 0 aromatic carbocycles. The lowest BCUT2D eigenvalue weighted by Gasteiger charge is -2.23. The van der Waals surface area contributed by atoms with Crippen molar-refractivity contribution in [2.75, 3.05) is 26.2 Å². The van der Waals surface area contributed by atoms with Gasteiger partial charge in [-0.05, 0) is 56.7 Å². The minimum absolute atomic E-state index is 0.674. The van der Waals surface area contributed by atoms with Crippen molar-refractivity contribution in [2.45, 2.75) is 32.6 Å². The van der Waals surface area contributed by atoms with E-state index in [9.17, 15) is 0 Å². The molecule has 0 spiro atoms. The molecule has 0 amide bonds. The third-order valence-corrected chi connectivity index (χ3v) is 3.55. The van der Waals surface area contributed by atoms with Crippen LogP contribution in [0.1, 0.15) is 32.6 Å². The maximum atomic E-state index is 3.63. The van der Waals surface area contributed by atoms with E-state index in [4.69, 9.17) is 0 Å². The Hall–Kier alpha value is -0.0800. The molecule has 0 bridgehead atoms. The largest absolute Gasteiger partial charge is 0.317 e. The van der Waals surface area contributed by atoms with E-state index in [0.717, 1.165) is 5.92 Å².